The molecular weight excluding hydrogens is 232 g/mol. The van der Waals surface area contributed by atoms with Crippen LogP contribution in [0.3, 0.4) is 0 Å². The number of amides is 2. The first kappa shape index (κ1) is 12.0. The van der Waals surface area contributed by atoms with Crippen molar-refractivity contribution in [2.75, 3.05) is 6.54 Å². The van der Waals surface area contributed by atoms with Gasteiger partial charge in [0, 0.05) is 19.0 Å². The fourth-order valence-electron chi connectivity index (χ4n) is 2.88. The minimum absolute atomic E-state index is 0.124. The molecule has 1 unspecified atom stereocenters. The zero-order chi connectivity index (χ0) is 12.5. The third-order valence-electron chi connectivity index (χ3n) is 4.15. The molecule has 3 rings (SSSR count). The van der Waals surface area contributed by atoms with Crippen LogP contribution in [0.2, 0.25) is 0 Å². The number of nitrogens with zero attached hydrogens (tertiary/aromatic N) is 1. The molecule has 1 aliphatic heterocycles. The number of nitrogens with one attached hydrogen (secondary N) is 1. The summed E-state index contributed by atoms with van der Waals surface area (Å²) in [5.74, 6) is -0.226. The van der Waals surface area contributed by atoms with Crippen molar-refractivity contribution in [3.63, 3.8) is 0 Å². The van der Waals surface area contributed by atoms with Crippen LogP contribution in [0.5, 0.6) is 0 Å². The molecule has 18 heavy (non-hydrogen) atoms. The normalized spacial score (nSPS) is 29.0. The number of carbonyl (C=O) groups excluding carboxylic acids is 2. The van der Waals surface area contributed by atoms with Gasteiger partial charge in [0.2, 0.25) is 11.8 Å². The average molecular weight is 252 g/mol. The van der Waals surface area contributed by atoms with Crippen molar-refractivity contribution in [1.29, 1.82) is 0 Å². The minimum Gasteiger partial charge on any atom is -0.339 e. The van der Waals surface area contributed by atoms with Gasteiger partial charge in [0.25, 0.3) is 0 Å². The summed E-state index contributed by atoms with van der Waals surface area (Å²) in [6.07, 6.45) is 7.12. The number of rotatable bonds is 4. The van der Waals surface area contributed by atoms with Gasteiger partial charge in [0.05, 0.1) is 12.0 Å². The van der Waals surface area contributed by atoms with Gasteiger partial charge in [-0.05, 0) is 25.7 Å². The molecule has 0 aromatic carbocycles. The highest BCUT2D eigenvalue weighted by Gasteiger charge is 2.41. The molecule has 0 aromatic heterocycles. The Balaban J connectivity index is 1.46. The fourth-order valence-corrected chi connectivity index (χ4v) is 2.88. The van der Waals surface area contributed by atoms with Crippen molar-refractivity contribution < 1.29 is 14.4 Å². The van der Waals surface area contributed by atoms with Crippen LogP contribution in [-0.2, 0) is 14.4 Å². The summed E-state index contributed by atoms with van der Waals surface area (Å²) in [6, 6.07) is 0.408. The molecule has 5 nitrogen and oxygen atoms in total. The maximum Gasteiger partial charge on any atom is 0.248 e. The lowest BCUT2D eigenvalue weighted by molar-refractivity contribution is -0.142. The maximum absolute atomic E-state index is 11.9. The van der Waals surface area contributed by atoms with E-state index in [4.69, 9.17) is 4.84 Å². The van der Waals surface area contributed by atoms with E-state index in [0.717, 1.165) is 25.7 Å². The highest BCUT2D eigenvalue weighted by molar-refractivity contribution is 5.89. The van der Waals surface area contributed by atoms with Crippen LogP contribution in [-0.4, -0.2) is 35.4 Å². The van der Waals surface area contributed by atoms with E-state index in [0.29, 0.717) is 19.0 Å². The van der Waals surface area contributed by atoms with E-state index in [-0.39, 0.29) is 23.8 Å². The Hall–Kier alpha value is -1.10. The molecule has 1 heterocycles. The fraction of sp³-hybridized carbons (Fsp3) is 0.846. The molecule has 2 saturated carbocycles. The monoisotopic (exact) mass is 252 g/mol. The van der Waals surface area contributed by atoms with Gasteiger partial charge in [-0.2, -0.15) is 0 Å². The first-order valence-electron chi connectivity index (χ1n) is 6.99. The number of likely N-dealkylation sites (tertiary alicyclic amines) is 1. The van der Waals surface area contributed by atoms with E-state index in [1.165, 1.54) is 12.8 Å². The second-order valence-corrected chi connectivity index (χ2v) is 5.67. The number of hydrogen-bond acceptors (Lipinski definition) is 3. The van der Waals surface area contributed by atoms with E-state index >= 15 is 0 Å². The molecule has 2 aliphatic carbocycles. The molecule has 0 aromatic rings. The van der Waals surface area contributed by atoms with Crippen molar-refractivity contribution in [2.45, 2.75) is 57.1 Å². The number of hydroxylamine groups is 1. The van der Waals surface area contributed by atoms with E-state index in [1.807, 2.05) is 4.90 Å². The minimum atomic E-state index is -0.223. The van der Waals surface area contributed by atoms with Gasteiger partial charge < -0.3 is 4.90 Å². The van der Waals surface area contributed by atoms with Crippen LogP contribution in [0.1, 0.15) is 44.9 Å². The quantitative estimate of drug-likeness (QED) is 0.759. The molecule has 3 fully saturated rings. The standard InChI is InChI=1S/C13H20N2O3/c16-12-7-9(8-15(12)10-5-6-10)13(17)14-18-11-3-1-2-4-11/h9-11H,1-8H2,(H,14,17). The Kier molecular flexibility index (Phi) is 3.24. The lowest BCUT2D eigenvalue weighted by atomic mass is 10.1. The molecule has 100 valence electrons. The van der Waals surface area contributed by atoms with Gasteiger partial charge >= 0.3 is 0 Å². The highest BCUT2D eigenvalue weighted by atomic mass is 16.7. The maximum atomic E-state index is 11.9. The van der Waals surface area contributed by atoms with Crippen molar-refractivity contribution >= 4 is 11.8 Å². The largest absolute Gasteiger partial charge is 0.339 e. The third kappa shape index (κ3) is 2.51. The second-order valence-electron chi connectivity index (χ2n) is 5.67. The van der Waals surface area contributed by atoms with Crippen molar-refractivity contribution in [2.24, 2.45) is 5.92 Å². The SMILES string of the molecule is O=C(NOC1CCCC1)C1CC(=O)N(C2CC2)C1. The van der Waals surface area contributed by atoms with Crippen LogP contribution >= 0.6 is 0 Å². The average Bonchev–Trinajstić information content (AvgIpc) is 2.92. The van der Waals surface area contributed by atoms with Crippen LogP contribution in [0, 0.1) is 5.92 Å². The van der Waals surface area contributed by atoms with Crippen LogP contribution in [0.4, 0.5) is 0 Å². The summed E-state index contributed by atoms with van der Waals surface area (Å²) >= 11 is 0. The molecule has 1 saturated heterocycles. The lowest BCUT2D eigenvalue weighted by Crippen LogP contribution is -2.35. The van der Waals surface area contributed by atoms with Crippen LogP contribution in [0.15, 0.2) is 0 Å². The molecule has 0 radical (unpaired) electrons. The first-order valence-corrected chi connectivity index (χ1v) is 6.99. The molecule has 0 spiro atoms. The topological polar surface area (TPSA) is 58.6 Å². The Morgan fingerprint density at radius 1 is 1.22 bits per heavy atom. The van der Waals surface area contributed by atoms with E-state index < -0.39 is 0 Å². The molecule has 5 heteroatoms. The molecule has 1 N–H and O–H groups in total. The van der Waals surface area contributed by atoms with Crippen LogP contribution < -0.4 is 5.48 Å². The molecule has 1 atom stereocenters. The summed E-state index contributed by atoms with van der Waals surface area (Å²) in [7, 11) is 0. The van der Waals surface area contributed by atoms with E-state index in [2.05, 4.69) is 5.48 Å². The summed E-state index contributed by atoms with van der Waals surface area (Å²) in [5, 5.41) is 0. The first-order chi connectivity index (χ1) is 8.74. The summed E-state index contributed by atoms with van der Waals surface area (Å²) in [4.78, 5) is 30.9. The van der Waals surface area contributed by atoms with Crippen molar-refractivity contribution in [3.8, 4) is 0 Å². The molecule has 3 aliphatic rings. The highest BCUT2D eigenvalue weighted by Crippen LogP contribution is 2.32. The predicted octanol–water partition coefficient (Wildman–Crippen LogP) is 0.988. The van der Waals surface area contributed by atoms with Gasteiger partial charge in [-0.3, -0.25) is 14.4 Å². The van der Waals surface area contributed by atoms with Crippen molar-refractivity contribution in [3.05, 3.63) is 0 Å². The summed E-state index contributed by atoms with van der Waals surface area (Å²) in [5.41, 5.74) is 2.55. The van der Waals surface area contributed by atoms with Gasteiger partial charge in [0.15, 0.2) is 0 Å². The summed E-state index contributed by atoms with van der Waals surface area (Å²) in [6.45, 7) is 0.573. The van der Waals surface area contributed by atoms with Gasteiger partial charge in [-0.25, -0.2) is 5.48 Å². The lowest BCUT2D eigenvalue weighted by Gasteiger charge is -2.16. The number of hydrogen-bond donors (Lipinski definition) is 1. The Labute approximate surface area is 107 Å². The zero-order valence-corrected chi connectivity index (χ0v) is 10.6. The molecule has 2 amide bonds. The van der Waals surface area contributed by atoms with E-state index in [9.17, 15) is 9.59 Å². The molecule has 0 bridgehead atoms. The third-order valence-corrected chi connectivity index (χ3v) is 4.15. The Morgan fingerprint density at radius 2 is 1.94 bits per heavy atom. The predicted molar refractivity (Wildman–Crippen MR) is 64.3 cm³/mol. The van der Waals surface area contributed by atoms with E-state index in [1.54, 1.807) is 0 Å². The van der Waals surface area contributed by atoms with Crippen molar-refractivity contribution in [1.82, 2.24) is 10.4 Å². The second kappa shape index (κ2) is 4.88. The van der Waals surface area contributed by atoms with Gasteiger partial charge in [-0.1, -0.05) is 12.8 Å². The molecular formula is C13H20N2O3. The summed E-state index contributed by atoms with van der Waals surface area (Å²) < 4.78 is 0. The van der Waals surface area contributed by atoms with Gasteiger partial charge in [0.1, 0.15) is 0 Å². The zero-order valence-electron chi connectivity index (χ0n) is 10.6. The smallest absolute Gasteiger partial charge is 0.248 e. The van der Waals surface area contributed by atoms with Gasteiger partial charge in [-0.15, -0.1) is 0 Å². The Morgan fingerprint density at radius 3 is 2.61 bits per heavy atom. The number of carbonyl (C=O) groups is 2. The Bertz CT molecular complexity index is 348. The van der Waals surface area contributed by atoms with Crippen LogP contribution in [0.25, 0.3) is 0 Å².